The van der Waals surface area contributed by atoms with Crippen LogP contribution in [0.3, 0.4) is 0 Å². The van der Waals surface area contributed by atoms with E-state index in [2.05, 4.69) is 10.3 Å². The number of carbonyl (C=O) groups is 1. The van der Waals surface area contributed by atoms with Crippen molar-refractivity contribution in [2.75, 3.05) is 0 Å². The van der Waals surface area contributed by atoms with Crippen molar-refractivity contribution in [2.45, 2.75) is 38.1 Å². The minimum absolute atomic E-state index is 0.0234. The third kappa shape index (κ3) is 3.01. The molecule has 1 N–H and O–H groups in total. The summed E-state index contributed by atoms with van der Waals surface area (Å²) in [6.07, 6.45) is 4.98. The molecule has 0 spiro atoms. The Morgan fingerprint density at radius 2 is 2.16 bits per heavy atom. The highest BCUT2D eigenvalue weighted by Gasteiger charge is 2.31. The van der Waals surface area contributed by atoms with E-state index < -0.39 is 10.8 Å². The maximum Gasteiger partial charge on any atom is 0.288 e. The SMILES string of the molecule is CC1(NC(=O)c2cc([N+](=O)[O-])cnc2Cl)CCCC1. The lowest BCUT2D eigenvalue weighted by Gasteiger charge is -2.25. The van der Waals surface area contributed by atoms with Crippen molar-refractivity contribution in [2.24, 2.45) is 0 Å². The lowest BCUT2D eigenvalue weighted by molar-refractivity contribution is -0.385. The first-order valence-corrected chi connectivity index (χ1v) is 6.41. The molecule has 0 saturated heterocycles. The minimum Gasteiger partial charge on any atom is -0.347 e. The van der Waals surface area contributed by atoms with Gasteiger partial charge in [0.25, 0.3) is 11.6 Å². The van der Waals surface area contributed by atoms with Gasteiger partial charge in [-0.05, 0) is 19.8 Å². The van der Waals surface area contributed by atoms with Crippen molar-refractivity contribution in [3.8, 4) is 0 Å². The molecule has 1 aromatic heterocycles. The fourth-order valence-electron chi connectivity index (χ4n) is 2.32. The Bertz CT molecular complexity index is 527. The van der Waals surface area contributed by atoms with E-state index in [0.717, 1.165) is 37.9 Å². The van der Waals surface area contributed by atoms with E-state index in [-0.39, 0.29) is 21.9 Å². The molecule has 1 fully saturated rings. The highest BCUT2D eigenvalue weighted by atomic mass is 35.5. The number of pyridine rings is 1. The number of nitrogens with one attached hydrogen (secondary N) is 1. The Hall–Kier alpha value is -1.69. The summed E-state index contributed by atoms with van der Waals surface area (Å²) in [5, 5.41) is 13.6. The summed E-state index contributed by atoms with van der Waals surface area (Å²) >= 11 is 5.83. The molecule has 1 heterocycles. The smallest absolute Gasteiger partial charge is 0.288 e. The molecule has 2 rings (SSSR count). The second kappa shape index (κ2) is 5.13. The van der Waals surface area contributed by atoms with Crippen LogP contribution in [0, 0.1) is 10.1 Å². The minimum atomic E-state index is -0.600. The van der Waals surface area contributed by atoms with Crippen molar-refractivity contribution >= 4 is 23.2 Å². The highest BCUT2D eigenvalue weighted by Crippen LogP contribution is 2.30. The quantitative estimate of drug-likeness (QED) is 0.525. The predicted octanol–water partition coefficient (Wildman–Crippen LogP) is 2.71. The van der Waals surface area contributed by atoms with Gasteiger partial charge in [0, 0.05) is 11.6 Å². The molecule has 0 atom stereocenters. The van der Waals surface area contributed by atoms with Gasteiger partial charge in [0.15, 0.2) is 0 Å². The molecule has 102 valence electrons. The lowest BCUT2D eigenvalue weighted by Crippen LogP contribution is -2.43. The Morgan fingerprint density at radius 3 is 2.74 bits per heavy atom. The predicted molar refractivity (Wildman–Crippen MR) is 70.2 cm³/mol. The van der Waals surface area contributed by atoms with E-state index in [1.165, 1.54) is 0 Å². The summed E-state index contributed by atoms with van der Waals surface area (Å²) in [7, 11) is 0. The van der Waals surface area contributed by atoms with Gasteiger partial charge in [-0.3, -0.25) is 14.9 Å². The van der Waals surface area contributed by atoms with Crippen LogP contribution in [0.1, 0.15) is 43.0 Å². The number of hydrogen-bond acceptors (Lipinski definition) is 4. The molecule has 1 aromatic rings. The monoisotopic (exact) mass is 283 g/mol. The van der Waals surface area contributed by atoms with Crippen LogP contribution in [0.25, 0.3) is 0 Å². The number of carbonyl (C=O) groups excluding carboxylic acids is 1. The number of aromatic nitrogens is 1. The van der Waals surface area contributed by atoms with Crippen LogP contribution in [-0.4, -0.2) is 21.4 Å². The number of nitrogens with zero attached hydrogens (tertiary/aromatic N) is 2. The summed E-state index contributed by atoms with van der Waals surface area (Å²) in [5.41, 5.74) is -0.458. The van der Waals surface area contributed by atoms with Crippen LogP contribution in [0.5, 0.6) is 0 Å². The fourth-order valence-corrected chi connectivity index (χ4v) is 2.51. The zero-order chi connectivity index (χ0) is 14.0. The molecule has 0 bridgehead atoms. The second-order valence-corrected chi connectivity index (χ2v) is 5.37. The topological polar surface area (TPSA) is 85.1 Å². The maximum atomic E-state index is 12.1. The molecule has 7 heteroatoms. The zero-order valence-electron chi connectivity index (χ0n) is 10.5. The molecule has 1 aliphatic rings. The molecule has 0 radical (unpaired) electrons. The number of halogens is 1. The standard InChI is InChI=1S/C12H14ClN3O3/c1-12(4-2-3-5-12)15-11(17)9-6-8(16(18)19)7-14-10(9)13/h6-7H,2-5H2,1H3,(H,15,17). The molecule has 6 nitrogen and oxygen atoms in total. The normalized spacial score (nSPS) is 17.2. The molecular weight excluding hydrogens is 270 g/mol. The number of hydrogen-bond donors (Lipinski definition) is 1. The third-order valence-corrected chi connectivity index (χ3v) is 3.70. The summed E-state index contributed by atoms with van der Waals surface area (Å²) in [6, 6.07) is 1.16. The molecule has 19 heavy (non-hydrogen) atoms. The molecule has 1 saturated carbocycles. The van der Waals surface area contributed by atoms with Crippen LogP contribution >= 0.6 is 11.6 Å². The van der Waals surface area contributed by atoms with Gasteiger partial charge in [-0.2, -0.15) is 0 Å². The van der Waals surface area contributed by atoms with Gasteiger partial charge in [0.1, 0.15) is 11.3 Å². The lowest BCUT2D eigenvalue weighted by atomic mass is 10.0. The average Bonchev–Trinajstić information content (AvgIpc) is 2.75. The first kappa shape index (κ1) is 13.7. The zero-order valence-corrected chi connectivity index (χ0v) is 11.2. The van der Waals surface area contributed by atoms with Crippen molar-refractivity contribution in [1.82, 2.24) is 10.3 Å². The van der Waals surface area contributed by atoms with Gasteiger partial charge in [-0.1, -0.05) is 24.4 Å². The molecule has 1 aliphatic carbocycles. The average molecular weight is 284 g/mol. The van der Waals surface area contributed by atoms with E-state index >= 15 is 0 Å². The van der Waals surface area contributed by atoms with Crippen molar-refractivity contribution in [1.29, 1.82) is 0 Å². The molecule has 1 amide bonds. The van der Waals surface area contributed by atoms with E-state index in [1.54, 1.807) is 0 Å². The fraction of sp³-hybridized carbons (Fsp3) is 0.500. The molecule has 0 unspecified atom stereocenters. The molecule has 0 aromatic carbocycles. The second-order valence-electron chi connectivity index (χ2n) is 5.01. The van der Waals surface area contributed by atoms with Crippen molar-refractivity contribution in [3.63, 3.8) is 0 Å². The Morgan fingerprint density at radius 1 is 1.53 bits per heavy atom. The van der Waals surface area contributed by atoms with Gasteiger partial charge < -0.3 is 5.32 Å². The third-order valence-electron chi connectivity index (χ3n) is 3.40. The number of rotatable bonds is 3. The molecular formula is C12H14ClN3O3. The summed E-state index contributed by atoms with van der Waals surface area (Å²) in [4.78, 5) is 25.9. The summed E-state index contributed by atoms with van der Waals surface area (Å²) in [6.45, 7) is 1.97. The van der Waals surface area contributed by atoms with Gasteiger partial charge >= 0.3 is 0 Å². The first-order chi connectivity index (χ1) is 8.91. The van der Waals surface area contributed by atoms with E-state index in [4.69, 9.17) is 11.6 Å². The summed E-state index contributed by atoms with van der Waals surface area (Å²) in [5.74, 6) is -0.411. The largest absolute Gasteiger partial charge is 0.347 e. The van der Waals surface area contributed by atoms with Gasteiger partial charge in [0.2, 0.25) is 0 Å². The van der Waals surface area contributed by atoms with Crippen LogP contribution in [0.2, 0.25) is 5.15 Å². The van der Waals surface area contributed by atoms with Crippen LogP contribution in [0.15, 0.2) is 12.3 Å². The Kier molecular flexibility index (Phi) is 3.71. The summed E-state index contributed by atoms with van der Waals surface area (Å²) < 4.78 is 0. The number of nitro groups is 1. The maximum absolute atomic E-state index is 12.1. The van der Waals surface area contributed by atoms with Gasteiger partial charge in [-0.25, -0.2) is 4.98 Å². The van der Waals surface area contributed by atoms with E-state index in [9.17, 15) is 14.9 Å². The molecule has 0 aliphatic heterocycles. The van der Waals surface area contributed by atoms with E-state index in [1.807, 2.05) is 6.92 Å². The van der Waals surface area contributed by atoms with Gasteiger partial charge in [0.05, 0.1) is 10.5 Å². The van der Waals surface area contributed by atoms with Crippen LogP contribution < -0.4 is 5.32 Å². The van der Waals surface area contributed by atoms with Crippen LogP contribution in [0.4, 0.5) is 5.69 Å². The first-order valence-electron chi connectivity index (χ1n) is 6.04. The van der Waals surface area contributed by atoms with Crippen molar-refractivity contribution in [3.05, 3.63) is 33.1 Å². The Labute approximate surface area is 115 Å². The Balaban J connectivity index is 2.23. The van der Waals surface area contributed by atoms with Gasteiger partial charge in [-0.15, -0.1) is 0 Å². The van der Waals surface area contributed by atoms with Crippen LogP contribution in [-0.2, 0) is 0 Å². The van der Waals surface area contributed by atoms with E-state index in [0.29, 0.717) is 0 Å². The van der Waals surface area contributed by atoms with Crippen molar-refractivity contribution < 1.29 is 9.72 Å². The number of amides is 1. The highest BCUT2D eigenvalue weighted by molar-refractivity contribution is 6.32.